The first-order valence-corrected chi connectivity index (χ1v) is 4.16. The van der Waals surface area contributed by atoms with Crippen molar-refractivity contribution >= 4 is 35.1 Å². The Kier molecular flexibility index (Phi) is 2.00. The summed E-state index contributed by atoms with van der Waals surface area (Å²) < 4.78 is 0. The highest BCUT2D eigenvalue weighted by Crippen LogP contribution is 2.07. The minimum Gasteiger partial charge on any atom is -0.300 e. The van der Waals surface area contributed by atoms with Gasteiger partial charge in [0.2, 0.25) is 0 Å². The SMILES string of the molecule is CC(=O)CC1=NC2=NC(=O)NC(=O)C2=N1. The third-order valence-corrected chi connectivity index (χ3v) is 1.74. The van der Waals surface area contributed by atoms with Crippen molar-refractivity contribution in [2.45, 2.75) is 13.3 Å². The van der Waals surface area contributed by atoms with E-state index in [-0.39, 0.29) is 29.6 Å². The van der Waals surface area contributed by atoms with Gasteiger partial charge < -0.3 is 0 Å². The number of urea groups is 1. The lowest BCUT2D eigenvalue weighted by Crippen LogP contribution is -2.41. The summed E-state index contributed by atoms with van der Waals surface area (Å²) in [4.78, 5) is 43.9. The van der Waals surface area contributed by atoms with E-state index in [0.717, 1.165) is 0 Å². The second-order valence-electron chi connectivity index (χ2n) is 3.06. The molecule has 0 aromatic carbocycles. The smallest absolute Gasteiger partial charge is 0.300 e. The number of nitrogens with one attached hydrogen (secondary N) is 1. The van der Waals surface area contributed by atoms with Crippen LogP contribution in [0.2, 0.25) is 0 Å². The van der Waals surface area contributed by atoms with Crippen LogP contribution in [0.15, 0.2) is 15.0 Å². The average molecular weight is 206 g/mol. The van der Waals surface area contributed by atoms with E-state index < -0.39 is 11.9 Å². The number of hydrogen-bond acceptors (Lipinski definition) is 5. The monoisotopic (exact) mass is 206 g/mol. The predicted molar refractivity (Wildman–Crippen MR) is 51.1 cm³/mol. The molecule has 0 atom stereocenters. The largest absolute Gasteiger partial charge is 0.350 e. The van der Waals surface area contributed by atoms with Gasteiger partial charge in [-0.15, -0.1) is 0 Å². The molecule has 2 heterocycles. The van der Waals surface area contributed by atoms with Crippen molar-refractivity contribution in [1.82, 2.24) is 5.32 Å². The summed E-state index contributed by atoms with van der Waals surface area (Å²) in [6, 6.07) is -0.762. The Labute approximate surface area is 84.0 Å². The number of amides is 3. The van der Waals surface area contributed by atoms with Gasteiger partial charge in [-0.05, 0) is 6.92 Å². The zero-order valence-corrected chi connectivity index (χ0v) is 7.77. The predicted octanol–water partition coefficient (Wildman–Crippen LogP) is -0.533. The molecular formula is C8H6N4O3. The molecule has 0 aliphatic carbocycles. The zero-order valence-electron chi connectivity index (χ0n) is 7.77. The first-order valence-electron chi connectivity index (χ1n) is 4.16. The topological polar surface area (TPSA) is 100 Å². The van der Waals surface area contributed by atoms with Crippen LogP contribution in [0.4, 0.5) is 4.79 Å². The highest BCUT2D eigenvalue weighted by Gasteiger charge is 2.30. The van der Waals surface area contributed by atoms with Gasteiger partial charge in [-0.1, -0.05) is 0 Å². The molecule has 0 spiro atoms. The van der Waals surface area contributed by atoms with Gasteiger partial charge in [0, 0.05) is 0 Å². The fraction of sp³-hybridized carbons (Fsp3) is 0.250. The van der Waals surface area contributed by atoms with Gasteiger partial charge in [0.25, 0.3) is 5.91 Å². The molecule has 0 saturated heterocycles. The number of hydrogen-bond donors (Lipinski definition) is 1. The van der Waals surface area contributed by atoms with Gasteiger partial charge in [-0.25, -0.2) is 14.8 Å². The van der Waals surface area contributed by atoms with E-state index in [1.165, 1.54) is 6.92 Å². The molecule has 2 rings (SSSR count). The molecule has 15 heavy (non-hydrogen) atoms. The minimum atomic E-state index is -0.762. The first kappa shape index (κ1) is 9.38. The van der Waals surface area contributed by atoms with E-state index in [9.17, 15) is 14.4 Å². The van der Waals surface area contributed by atoms with Gasteiger partial charge in [0.15, 0.2) is 11.5 Å². The molecule has 2 aliphatic heterocycles. The van der Waals surface area contributed by atoms with E-state index in [0.29, 0.717) is 0 Å². The number of rotatable bonds is 2. The molecule has 0 unspecified atom stereocenters. The quantitative estimate of drug-likeness (QED) is 0.656. The molecule has 7 heteroatoms. The molecule has 1 N–H and O–H groups in total. The number of carbonyl (C=O) groups is 3. The molecular weight excluding hydrogens is 200 g/mol. The van der Waals surface area contributed by atoms with E-state index in [1.54, 1.807) is 0 Å². The van der Waals surface area contributed by atoms with Crippen LogP contribution in [0.5, 0.6) is 0 Å². The first-order chi connectivity index (χ1) is 7.06. The van der Waals surface area contributed by atoms with E-state index in [1.807, 2.05) is 5.32 Å². The fourth-order valence-corrected chi connectivity index (χ4v) is 1.19. The molecule has 0 radical (unpaired) electrons. The molecule has 0 fully saturated rings. The minimum absolute atomic E-state index is 0.00847. The number of nitrogens with zero attached hydrogens (tertiary/aromatic N) is 3. The van der Waals surface area contributed by atoms with Gasteiger partial charge in [-0.2, -0.15) is 4.99 Å². The van der Waals surface area contributed by atoms with Crippen LogP contribution in [0, 0.1) is 0 Å². The fourth-order valence-electron chi connectivity index (χ4n) is 1.19. The number of ketones is 1. The van der Waals surface area contributed by atoms with E-state index in [2.05, 4.69) is 15.0 Å². The molecule has 0 aromatic heterocycles. The molecule has 0 aromatic rings. The molecule has 7 nitrogen and oxygen atoms in total. The summed E-state index contributed by atoms with van der Waals surface area (Å²) in [6.07, 6.45) is 0.0317. The number of aliphatic imine (C=N–C) groups is 3. The number of imide groups is 1. The summed E-state index contributed by atoms with van der Waals surface area (Å²) in [5, 5.41) is 1.97. The number of carbonyl (C=O) groups excluding carboxylic acids is 3. The normalized spacial score (nSPS) is 18.9. The lowest BCUT2D eigenvalue weighted by atomic mass is 10.3. The van der Waals surface area contributed by atoms with Gasteiger partial charge >= 0.3 is 6.03 Å². The maximum Gasteiger partial charge on any atom is 0.350 e. The maximum absolute atomic E-state index is 11.2. The second-order valence-corrected chi connectivity index (χ2v) is 3.06. The van der Waals surface area contributed by atoms with Crippen LogP contribution in [-0.4, -0.2) is 35.1 Å². The standard InChI is InChI=1S/C8H6N4O3/c1-3(13)2-4-9-5-6(10-4)11-8(15)12-7(5)14/h2H2,1H3,(H,12,14,15). The third-order valence-electron chi connectivity index (χ3n) is 1.74. The lowest BCUT2D eigenvalue weighted by Gasteiger charge is -2.05. The molecule has 3 amide bonds. The summed E-state index contributed by atoms with van der Waals surface area (Å²) in [6.45, 7) is 1.39. The van der Waals surface area contributed by atoms with Crippen LogP contribution < -0.4 is 5.32 Å². The highest BCUT2D eigenvalue weighted by atomic mass is 16.2. The van der Waals surface area contributed by atoms with Crippen molar-refractivity contribution in [1.29, 1.82) is 0 Å². The van der Waals surface area contributed by atoms with Crippen molar-refractivity contribution in [3.05, 3.63) is 0 Å². The molecule has 2 aliphatic rings. The summed E-state index contributed by atoms with van der Waals surface area (Å²) in [5.41, 5.74) is -0.00847. The Morgan fingerprint density at radius 2 is 2.00 bits per heavy atom. The molecule has 0 saturated carbocycles. The Hall–Kier alpha value is -2.18. The summed E-state index contributed by atoms with van der Waals surface area (Å²) in [7, 11) is 0. The number of fused-ring (bicyclic) bond motifs is 1. The Bertz CT molecular complexity index is 472. The van der Waals surface area contributed by atoms with Crippen molar-refractivity contribution in [2.75, 3.05) is 0 Å². The zero-order chi connectivity index (χ0) is 11.0. The van der Waals surface area contributed by atoms with Gasteiger partial charge in [0.1, 0.15) is 11.6 Å². The number of Topliss-reactive ketones (excluding diaryl/α,β-unsaturated/α-hetero) is 1. The Balaban J connectivity index is 2.33. The summed E-state index contributed by atoms with van der Waals surface area (Å²) in [5.74, 6) is -0.558. The summed E-state index contributed by atoms with van der Waals surface area (Å²) >= 11 is 0. The highest BCUT2D eigenvalue weighted by molar-refractivity contribution is 6.72. The molecule has 76 valence electrons. The second kappa shape index (κ2) is 3.19. The van der Waals surface area contributed by atoms with Gasteiger partial charge in [-0.3, -0.25) is 14.9 Å². The molecule has 0 bridgehead atoms. The lowest BCUT2D eigenvalue weighted by molar-refractivity contribution is -0.116. The van der Waals surface area contributed by atoms with Gasteiger partial charge in [0.05, 0.1) is 6.42 Å². The average Bonchev–Trinajstić information content (AvgIpc) is 2.45. The Morgan fingerprint density at radius 1 is 1.27 bits per heavy atom. The van der Waals surface area contributed by atoms with Crippen LogP contribution in [0.1, 0.15) is 13.3 Å². The Morgan fingerprint density at radius 3 is 2.67 bits per heavy atom. The van der Waals surface area contributed by atoms with Crippen molar-refractivity contribution in [2.24, 2.45) is 15.0 Å². The van der Waals surface area contributed by atoms with E-state index >= 15 is 0 Å². The van der Waals surface area contributed by atoms with Crippen LogP contribution in [0.3, 0.4) is 0 Å². The van der Waals surface area contributed by atoms with E-state index in [4.69, 9.17) is 0 Å². The van der Waals surface area contributed by atoms with Crippen molar-refractivity contribution in [3.8, 4) is 0 Å². The van der Waals surface area contributed by atoms with Crippen molar-refractivity contribution in [3.63, 3.8) is 0 Å². The van der Waals surface area contributed by atoms with Crippen LogP contribution in [-0.2, 0) is 9.59 Å². The maximum atomic E-state index is 11.2. The number of amidine groups is 2. The third kappa shape index (κ3) is 1.71. The van der Waals surface area contributed by atoms with Crippen molar-refractivity contribution < 1.29 is 14.4 Å². The van der Waals surface area contributed by atoms with Crippen LogP contribution >= 0.6 is 0 Å². The van der Waals surface area contributed by atoms with Crippen LogP contribution in [0.25, 0.3) is 0 Å².